The van der Waals surface area contributed by atoms with Crippen LogP contribution in [-0.4, -0.2) is 53.5 Å². The zero-order chi connectivity index (χ0) is 16.0. The van der Waals surface area contributed by atoms with E-state index in [2.05, 4.69) is 29.6 Å². The van der Waals surface area contributed by atoms with E-state index in [-0.39, 0.29) is 11.9 Å². The molecule has 1 rings (SSSR count). The summed E-state index contributed by atoms with van der Waals surface area (Å²) in [6.07, 6.45) is 7.98. The van der Waals surface area contributed by atoms with Gasteiger partial charge in [-0.05, 0) is 26.2 Å². The van der Waals surface area contributed by atoms with E-state index >= 15 is 0 Å². The van der Waals surface area contributed by atoms with Crippen molar-refractivity contribution in [3.05, 3.63) is 12.7 Å². The van der Waals surface area contributed by atoms with Gasteiger partial charge >= 0.3 is 6.03 Å². The molecule has 1 fully saturated rings. The highest BCUT2D eigenvalue weighted by Crippen LogP contribution is 2.16. The summed E-state index contributed by atoms with van der Waals surface area (Å²) in [5, 5.41) is 2.68. The molecule has 5 heteroatoms. The summed E-state index contributed by atoms with van der Waals surface area (Å²) in [7, 11) is 0. The fourth-order valence-electron chi connectivity index (χ4n) is 2.32. The molecule has 1 heterocycles. The van der Waals surface area contributed by atoms with Gasteiger partial charge in [-0.3, -0.25) is 14.6 Å². The highest BCUT2D eigenvalue weighted by atomic mass is 16.2. The van der Waals surface area contributed by atoms with Crippen molar-refractivity contribution >= 4 is 11.9 Å². The van der Waals surface area contributed by atoms with Crippen LogP contribution < -0.4 is 5.32 Å². The summed E-state index contributed by atoms with van der Waals surface area (Å²) < 4.78 is 0. The first-order valence-corrected chi connectivity index (χ1v) is 7.24. The molecule has 0 spiro atoms. The zero-order valence-corrected chi connectivity index (χ0v) is 13.2. The maximum atomic E-state index is 12.0. The Hall–Kier alpha value is -1.80. The molecule has 116 valence electrons. The Morgan fingerprint density at radius 2 is 2.19 bits per heavy atom. The maximum Gasteiger partial charge on any atom is 0.325 e. The van der Waals surface area contributed by atoms with E-state index < -0.39 is 5.54 Å². The van der Waals surface area contributed by atoms with Crippen LogP contribution >= 0.6 is 0 Å². The van der Waals surface area contributed by atoms with Crippen molar-refractivity contribution in [2.75, 3.05) is 26.2 Å². The number of carbonyl (C=O) groups excluding carboxylic acids is 2. The summed E-state index contributed by atoms with van der Waals surface area (Å²) in [5.74, 6) is 2.82. The fourth-order valence-corrected chi connectivity index (χ4v) is 2.32. The Balaban J connectivity index is 2.47. The van der Waals surface area contributed by atoms with Gasteiger partial charge in [0.2, 0.25) is 0 Å². The molecule has 1 N–H and O–H groups in total. The summed E-state index contributed by atoms with van der Waals surface area (Å²) in [5.41, 5.74) is -0.799. The number of imide groups is 1. The van der Waals surface area contributed by atoms with Gasteiger partial charge in [0.05, 0.1) is 6.54 Å². The minimum absolute atomic E-state index is 0.171. The van der Waals surface area contributed by atoms with Crippen LogP contribution in [-0.2, 0) is 4.79 Å². The van der Waals surface area contributed by atoms with E-state index in [0.717, 1.165) is 13.1 Å². The molecule has 1 atom stereocenters. The normalized spacial score (nSPS) is 18.5. The molecule has 0 aliphatic carbocycles. The van der Waals surface area contributed by atoms with E-state index in [4.69, 9.17) is 6.42 Å². The van der Waals surface area contributed by atoms with Crippen molar-refractivity contribution in [2.24, 2.45) is 5.92 Å². The van der Waals surface area contributed by atoms with Gasteiger partial charge in [-0.1, -0.05) is 18.9 Å². The van der Waals surface area contributed by atoms with E-state index in [9.17, 15) is 9.59 Å². The minimum Gasteiger partial charge on any atom is -0.324 e. The Morgan fingerprint density at radius 3 is 2.67 bits per heavy atom. The fraction of sp³-hybridized carbons (Fsp3) is 0.625. The number of nitrogens with one attached hydrogen (secondary N) is 1. The number of urea groups is 1. The summed E-state index contributed by atoms with van der Waals surface area (Å²) in [4.78, 5) is 27.2. The predicted molar refractivity (Wildman–Crippen MR) is 83.6 cm³/mol. The average Bonchev–Trinajstić information content (AvgIpc) is 2.60. The Labute approximate surface area is 127 Å². The van der Waals surface area contributed by atoms with E-state index in [0.29, 0.717) is 25.4 Å². The third-order valence-electron chi connectivity index (χ3n) is 3.56. The van der Waals surface area contributed by atoms with Crippen molar-refractivity contribution in [1.82, 2.24) is 15.1 Å². The monoisotopic (exact) mass is 291 g/mol. The van der Waals surface area contributed by atoms with Crippen LogP contribution in [0.15, 0.2) is 12.7 Å². The molecule has 0 aromatic carbocycles. The molecular formula is C16H25N3O2. The van der Waals surface area contributed by atoms with Crippen molar-refractivity contribution < 1.29 is 9.59 Å². The number of terminal acetylenes is 1. The van der Waals surface area contributed by atoms with Gasteiger partial charge in [0.15, 0.2) is 0 Å². The quantitative estimate of drug-likeness (QED) is 0.418. The first-order chi connectivity index (χ1) is 9.81. The Kier molecular flexibility index (Phi) is 5.98. The van der Waals surface area contributed by atoms with E-state index in [1.54, 1.807) is 13.8 Å². The van der Waals surface area contributed by atoms with Gasteiger partial charge < -0.3 is 5.32 Å². The van der Waals surface area contributed by atoms with E-state index in [1.165, 1.54) is 4.90 Å². The van der Waals surface area contributed by atoms with Crippen LogP contribution in [0.5, 0.6) is 0 Å². The average molecular weight is 291 g/mol. The van der Waals surface area contributed by atoms with Crippen molar-refractivity contribution in [1.29, 1.82) is 0 Å². The van der Waals surface area contributed by atoms with Crippen LogP contribution in [0, 0.1) is 18.3 Å². The van der Waals surface area contributed by atoms with Gasteiger partial charge in [0, 0.05) is 19.6 Å². The van der Waals surface area contributed by atoms with Crippen LogP contribution in [0.25, 0.3) is 0 Å². The number of rotatable bonds is 8. The maximum absolute atomic E-state index is 12.0. The molecule has 3 amide bonds. The first-order valence-electron chi connectivity index (χ1n) is 7.24. The van der Waals surface area contributed by atoms with Crippen LogP contribution in [0.1, 0.15) is 27.2 Å². The minimum atomic E-state index is -0.799. The smallest absolute Gasteiger partial charge is 0.324 e. The molecule has 0 aromatic heterocycles. The number of hydrogen-bond donors (Lipinski definition) is 1. The largest absolute Gasteiger partial charge is 0.325 e. The van der Waals surface area contributed by atoms with Gasteiger partial charge in [0.25, 0.3) is 5.91 Å². The molecule has 0 radical (unpaired) electrons. The van der Waals surface area contributed by atoms with Crippen LogP contribution in [0.2, 0.25) is 0 Å². The van der Waals surface area contributed by atoms with Crippen molar-refractivity contribution in [2.45, 2.75) is 32.7 Å². The third kappa shape index (κ3) is 4.61. The van der Waals surface area contributed by atoms with Gasteiger partial charge in [-0.15, -0.1) is 13.0 Å². The SMILES string of the molecule is C#CCN(CCCN1C(=O)NC(C)(C)C1=O)CC(C)C=C. The van der Waals surface area contributed by atoms with Crippen LogP contribution in [0.3, 0.4) is 0 Å². The number of carbonyl (C=O) groups is 2. The number of amides is 3. The molecule has 1 unspecified atom stereocenters. The van der Waals surface area contributed by atoms with Crippen LogP contribution in [0.4, 0.5) is 4.79 Å². The Morgan fingerprint density at radius 1 is 1.52 bits per heavy atom. The topological polar surface area (TPSA) is 52.6 Å². The molecular weight excluding hydrogens is 266 g/mol. The van der Waals surface area contributed by atoms with Gasteiger partial charge in [-0.25, -0.2) is 4.79 Å². The standard InChI is InChI=1S/C16H25N3O2/c1-6-9-18(12-13(3)7-2)10-8-11-19-14(20)16(4,5)17-15(19)21/h1,7,13H,2,8-12H2,3-5H3,(H,17,21). The second-order valence-electron chi connectivity index (χ2n) is 6.02. The lowest BCUT2D eigenvalue weighted by Gasteiger charge is -2.23. The Bertz CT molecular complexity index is 451. The summed E-state index contributed by atoms with van der Waals surface area (Å²) in [6.45, 7) is 11.8. The van der Waals surface area contributed by atoms with Gasteiger partial charge in [0.1, 0.15) is 5.54 Å². The first kappa shape index (κ1) is 17.3. The molecule has 5 nitrogen and oxygen atoms in total. The summed E-state index contributed by atoms with van der Waals surface area (Å²) in [6, 6.07) is -0.312. The lowest BCUT2D eigenvalue weighted by molar-refractivity contribution is -0.130. The summed E-state index contributed by atoms with van der Waals surface area (Å²) >= 11 is 0. The second kappa shape index (κ2) is 7.28. The molecule has 21 heavy (non-hydrogen) atoms. The molecule has 0 saturated carbocycles. The lowest BCUT2D eigenvalue weighted by atomic mass is 10.1. The number of nitrogens with zero attached hydrogens (tertiary/aromatic N) is 2. The molecule has 1 saturated heterocycles. The van der Waals surface area contributed by atoms with Crippen molar-refractivity contribution in [3.8, 4) is 12.3 Å². The van der Waals surface area contributed by atoms with Crippen molar-refractivity contribution in [3.63, 3.8) is 0 Å². The third-order valence-corrected chi connectivity index (χ3v) is 3.56. The molecule has 1 aliphatic heterocycles. The second-order valence-corrected chi connectivity index (χ2v) is 6.02. The molecule has 0 aromatic rings. The zero-order valence-electron chi connectivity index (χ0n) is 13.2. The molecule has 1 aliphatic rings. The van der Waals surface area contributed by atoms with Gasteiger partial charge in [-0.2, -0.15) is 0 Å². The highest BCUT2D eigenvalue weighted by molar-refractivity contribution is 6.06. The van der Waals surface area contributed by atoms with E-state index in [1.807, 2.05) is 6.08 Å². The predicted octanol–water partition coefficient (Wildman–Crippen LogP) is 1.46. The number of hydrogen-bond acceptors (Lipinski definition) is 3. The lowest BCUT2D eigenvalue weighted by Crippen LogP contribution is -2.40. The molecule has 0 bridgehead atoms. The highest BCUT2D eigenvalue weighted by Gasteiger charge is 2.43.